The van der Waals surface area contributed by atoms with E-state index in [9.17, 15) is 10.4 Å². The maximum atomic E-state index is 10.6. The van der Waals surface area contributed by atoms with E-state index in [1.165, 1.54) is 0 Å². The minimum absolute atomic E-state index is 0.0920. The maximum absolute atomic E-state index is 10.6. The van der Waals surface area contributed by atoms with E-state index in [1.807, 2.05) is 35.9 Å². The monoisotopic (exact) mass is 479 g/mol. The molecule has 0 aliphatic heterocycles. The Morgan fingerprint density at radius 3 is 2.71 bits per heavy atom. The molecule has 158 valence electrons. The van der Waals surface area contributed by atoms with Gasteiger partial charge in [-0.3, -0.25) is 0 Å². The number of rotatable bonds is 2. The summed E-state index contributed by atoms with van der Waals surface area (Å²) in [6.45, 7) is 5.98. The SMILES string of the molecule is Cc1nc(-c2nn(-c3ccc(Br)cc3)c3c2CC[C@@H]2[C@@H](C)C(O)=C(C#N)C[C@@]32C)no1. The highest BCUT2D eigenvalue weighted by Crippen LogP contribution is 2.54. The Kier molecular flexibility index (Phi) is 4.56. The topological polar surface area (TPSA) is 101 Å². The maximum Gasteiger partial charge on any atom is 0.223 e. The summed E-state index contributed by atoms with van der Waals surface area (Å²) >= 11 is 3.50. The van der Waals surface area contributed by atoms with Crippen molar-refractivity contribution in [3.63, 3.8) is 0 Å². The summed E-state index contributed by atoms with van der Waals surface area (Å²) in [6.07, 6.45) is 2.17. The van der Waals surface area contributed by atoms with Crippen LogP contribution >= 0.6 is 15.9 Å². The Balaban J connectivity index is 1.78. The van der Waals surface area contributed by atoms with Gasteiger partial charge in [0.25, 0.3) is 0 Å². The molecule has 0 saturated heterocycles. The fourth-order valence-electron chi connectivity index (χ4n) is 5.45. The molecule has 0 saturated carbocycles. The minimum Gasteiger partial charge on any atom is -0.511 e. The van der Waals surface area contributed by atoms with Crippen molar-refractivity contribution in [1.29, 1.82) is 5.26 Å². The van der Waals surface area contributed by atoms with Crippen LogP contribution < -0.4 is 0 Å². The molecular formula is C23H22BrN5O2. The number of hydrogen-bond acceptors (Lipinski definition) is 6. The molecule has 2 aliphatic rings. The first kappa shape index (κ1) is 20.0. The fraction of sp³-hybridized carbons (Fsp3) is 0.391. The Morgan fingerprint density at radius 1 is 1.32 bits per heavy atom. The number of benzene rings is 1. The largest absolute Gasteiger partial charge is 0.511 e. The zero-order chi connectivity index (χ0) is 21.9. The number of aryl methyl sites for hydroxylation is 1. The van der Waals surface area contributed by atoms with Crippen molar-refractivity contribution in [2.24, 2.45) is 11.8 Å². The Bertz CT molecular complexity index is 1250. The van der Waals surface area contributed by atoms with Crippen LogP contribution in [0.2, 0.25) is 0 Å². The second kappa shape index (κ2) is 7.06. The summed E-state index contributed by atoms with van der Waals surface area (Å²) in [5, 5.41) is 29.4. The quantitative estimate of drug-likeness (QED) is 0.542. The average Bonchev–Trinajstić information content (AvgIpc) is 3.35. The van der Waals surface area contributed by atoms with Gasteiger partial charge in [-0.1, -0.05) is 34.9 Å². The summed E-state index contributed by atoms with van der Waals surface area (Å²) < 4.78 is 8.20. The minimum atomic E-state index is -0.360. The molecule has 0 unspecified atom stereocenters. The number of nitriles is 1. The first-order valence-corrected chi connectivity index (χ1v) is 11.1. The third-order valence-electron chi connectivity index (χ3n) is 6.88. The molecule has 31 heavy (non-hydrogen) atoms. The van der Waals surface area contributed by atoms with Gasteiger partial charge in [-0.15, -0.1) is 0 Å². The molecule has 0 amide bonds. The zero-order valence-corrected chi connectivity index (χ0v) is 19.1. The van der Waals surface area contributed by atoms with Crippen molar-refractivity contribution in [2.45, 2.75) is 45.4 Å². The third kappa shape index (κ3) is 2.94. The molecule has 0 fully saturated rings. The predicted molar refractivity (Wildman–Crippen MR) is 118 cm³/mol. The number of nitrogens with zero attached hydrogens (tertiary/aromatic N) is 5. The number of hydrogen-bond donors (Lipinski definition) is 1. The Labute approximate surface area is 188 Å². The number of aliphatic hydroxyl groups is 1. The molecule has 7 nitrogen and oxygen atoms in total. The second-order valence-electron chi connectivity index (χ2n) is 8.70. The molecule has 5 rings (SSSR count). The van der Waals surface area contributed by atoms with Crippen molar-refractivity contribution >= 4 is 15.9 Å². The first-order valence-electron chi connectivity index (χ1n) is 10.3. The summed E-state index contributed by atoms with van der Waals surface area (Å²) in [7, 11) is 0. The number of aliphatic hydroxyl groups excluding tert-OH is 1. The van der Waals surface area contributed by atoms with E-state index in [0.717, 1.165) is 40.0 Å². The van der Waals surface area contributed by atoms with E-state index in [0.29, 0.717) is 23.7 Å². The molecule has 1 N–H and O–H groups in total. The van der Waals surface area contributed by atoms with Gasteiger partial charge in [-0.25, -0.2) is 4.68 Å². The molecule has 2 aliphatic carbocycles. The summed E-state index contributed by atoms with van der Waals surface area (Å²) in [6, 6.07) is 10.2. The van der Waals surface area contributed by atoms with Gasteiger partial charge in [0, 0.05) is 28.3 Å². The highest BCUT2D eigenvalue weighted by atomic mass is 79.9. The third-order valence-corrected chi connectivity index (χ3v) is 7.41. The van der Waals surface area contributed by atoms with E-state index in [2.05, 4.69) is 39.1 Å². The summed E-state index contributed by atoms with van der Waals surface area (Å²) in [5.74, 6) is 1.31. The van der Waals surface area contributed by atoms with Crippen LogP contribution in [0.4, 0.5) is 0 Å². The molecule has 8 heteroatoms. The lowest BCUT2D eigenvalue weighted by molar-refractivity contribution is 0.134. The highest BCUT2D eigenvalue weighted by Gasteiger charge is 2.51. The van der Waals surface area contributed by atoms with Crippen molar-refractivity contribution in [1.82, 2.24) is 19.9 Å². The summed E-state index contributed by atoms with van der Waals surface area (Å²) in [5.41, 5.74) is 3.90. The highest BCUT2D eigenvalue weighted by molar-refractivity contribution is 9.10. The van der Waals surface area contributed by atoms with Crippen molar-refractivity contribution < 1.29 is 9.63 Å². The number of halogens is 1. The zero-order valence-electron chi connectivity index (χ0n) is 17.6. The van der Waals surface area contributed by atoms with E-state index < -0.39 is 0 Å². The molecule has 0 spiro atoms. The van der Waals surface area contributed by atoms with Gasteiger partial charge < -0.3 is 9.63 Å². The lowest BCUT2D eigenvalue weighted by Crippen LogP contribution is -2.45. The van der Waals surface area contributed by atoms with Crippen molar-refractivity contribution in [3.8, 4) is 23.3 Å². The van der Waals surface area contributed by atoms with Gasteiger partial charge in [0.1, 0.15) is 11.5 Å². The summed E-state index contributed by atoms with van der Waals surface area (Å²) in [4.78, 5) is 4.43. The van der Waals surface area contributed by atoms with Crippen LogP contribution in [0.5, 0.6) is 0 Å². The smallest absolute Gasteiger partial charge is 0.223 e. The van der Waals surface area contributed by atoms with Crippen LogP contribution in [0.1, 0.15) is 43.8 Å². The normalized spacial score (nSPS) is 25.1. The van der Waals surface area contributed by atoms with Crippen molar-refractivity contribution in [2.75, 3.05) is 0 Å². The molecule has 2 heterocycles. The van der Waals surface area contributed by atoms with E-state index in [4.69, 9.17) is 9.62 Å². The van der Waals surface area contributed by atoms with Crippen LogP contribution in [-0.2, 0) is 11.8 Å². The molecule has 3 atom stereocenters. The van der Waals surface area contributed by atoms with Gasteiger partial charge in [0.05, 0.1) is 23.0 Å². The van der Waals surface area contributed by atoms with E-state index >= 15 is 0 Å². The molecule has 1 aromatic carbocycles. The molecule has 3 aromatic rings. The number of fused-ring (bicyclic) bond motifs is 3. The molecule has 0 radical (unpaired) electrons. The van der Waals surface area contributed by atoms with Gasteiger partial charge >= 0.3 is 0 Å². The molecular weight excluding hydrogens is 458 g/mol. The Morgan fingerprint density at radius 2 is 2.06 bits per heavy atom. The Hall–Kier alpha value is -2.92. The van der Waals surface area contributed by atoms with Gasteiger partial charge in [0.2, 0.25) is 11.7 Å². The molecule has 0 bridgehead atoms. The van der Waals surface area contributed by atoms with Crippen LogP contribution in [0.3, 0.4) is 0 Å². The first-order chi connectivity index (χ1) is 14.8. The lowest BCUT2D eigenvalue weighted by atomic mass is 9.56. The van der Waals surface area contributed by atoms with E-state index in [1.54, 1.807) is 6.92 Å². The fourth-order valence-corrected chi connectivity index (χ4v) is 5.71. The van der Waals surface area contributed by atoms with Crippen LogP contribution in [-0.4, -0.2) is 25.0 Å². The van der Waals surface area contributed by atoms with Crippen molar-refractivity contribution in [3.05, 3.63) is 57.2 Å². The van der Waals surface area contributed by atoms with Gasteiger partial charge in [-0.05, 0) is 49.4 Å². The predicted octanol–water partition coefficient (Wildman–Crippen LogP) is 5.19. The van der Waals surface area contributed by atoms with Crippen LogP contribution in [0.25, 0.3) is 17.2 Å². The standard InChI is InChI=1S/C23H22BrN5O2/c1-12-18-9-8-17-19(22-26-13(2)31-28-22)27-29(16-6-4-15(24)5-7-16)21(17)23(18,3)10-14(11-25)20(12)30/h4-7,12,18,30H,8-10H2,1-3H3/t12-,18-,23-/m1/s1. The van der Waals surface area contributed by atoms with Gasteiger partial charge in [-0.2, -0.15) is 15.3 Å². The number of aromatic nitrogens is 4. The van der Waals surface area contributed by atoms with E-state index in [-0.39, 0.29) is 23.0 Å². The lowest BCUT2D eigenvalue weighted by Gasteiger charge is -2.47. The van der Waals surface area contributed by atoms with Gasteiger partial charge in [0.15, 0.2) is 0 Å². The van der Waals surface area contributed by atoms with Crippen LogP contribution in [0.15, 0.2) is 44.6 Å². The van der Waals surface area contributed by atoms with Crippen LogP contribution in [0, 0.1) is 30.1 Å². The second-order valence-corrected chi connectivity index (χ2v) is 9.62. The molecule has 2 aromatic heterocycles. The number of allylic oxidation sites excluding steroid dienone is 2. The average molecular weight is 480 g/mol.